The molecular formula is C10H10BrN3OS. The third-order valence-corrected chi connectivity index (χ3v) is 4.13. The number of hydrogen-bond donors (Lipinski definition) is 2. The van der Waals surface area contributed by atoms with Crippen molar-refractivity contribution in [1.82, 2.24) is 10.3 Å². The molecule has 0 radical (unpaired) electrons. The molecule has 1 saturated heterocycles. The fraction of sp³-hybridized carbons (Fsp3) is 0.400. The van der Waals surface area contributed by atoms with E-state index in [4.69, 9.17) is 5.26 Å². The molecule has 1 atom stereocenters. The van der Waals surface area contributed by atoms with Crippen molar-refractivity contribution in [2.45, 2.75) is 12.0 Å². The minimum atomic E-state index is -0.695. The second kappa shape index (κ2) is 4.52. The summed E-state index contributed by atoms with van der Waals surface area (Å²) in [5, 5.41) is 11.9. The maximum atomic E-state index is 11.9. The minimum Gasteiger partial charge on any atom is -0.356 e. The first-order chi connectivity index (χ1) is 7.65. The standard InChI is InChI=1S/C10H10BrN3OS/c11-7-3-8(13-4-7)9(15)14-10(5-12)1-2-16-6-10/h3-4,13H,1-2,6H2,(H,14,15). The molecule has 6 heteroatoms. The van der Waals surface area contributed by atoms with Gasteiger partial charge in [-0.3, -0.25) is 4.79 Å². The van der Waals surface area contributed by atoms with Gasteiger partial charge in [0, 0.05) is 16.4 Å². The highest BCUT2D eigenvalue weighted by Gasteiger charge is 2.36. The smallest absolute Gasteiger partial charge is 0.268 e. The molecule has 0 bridgehead atoms. The Morgan fingerprint density at radius 2 is 2.56 bits per heavy atom. The maximum Gasteiger partial charge on any atom is 0.268 e. The van der Waals surface area contributed by atoms with E-state index in [0.717, 1.165) is 10.2 Å². The van der Waals surface area contributed by atoms with E-state index in [-0.39, 0.29) is 5.91 Å². The predicted octanol–water partition coefficient (Wildman–Crippen LogP) is 1.91. The van der Waals surface area contributed by atoms with E-state index in [1.54, 1.807) is 24.0 Å². The predicted molar refractivity (Wildman–Crippen MR) is 66.2 cm³/mol. The molecule has 0 saturated carbocycles. The van der Waals surface area contributed by atoms with Crippen molar-refractivity contribution in [3.63, 3.8) is 0 Å². The number of halogens is 1. The lowest BCUT2D eigenvalue weighted by molar-refractivity contribution is 0.0921. The highest BCUT2D eigenvalue weighted by molar-refractivity contribution is 9.10. The molecule has 1 aromatic rings. The Morgan fingerprint density at radius 3 is 3.06 bits per heavy atom. The van der Waals surface area contributed by atoms with Gasteiger partial charge in [0.05, 0.1) is 6.07 Å². The van der Waals surface area contributed by atoms with Gasteiger partial charge in [-0.25, -0.2) is 0 Å². The maximum absolute atomic E-state index is 11.9. The lowest BCUT2D eigenvalue weighted by atomic mass is 10.0. The van der Waals surface area contributed by atoms with Crippen molar-refractivity contribution in [3.05, 3.63) is 22.4 Å². The van der Waals surface area contributed by atoms with Crippen LogP contribution >= 0.6 is 27.7 Å². The number of amides is 1. The molecule has 0 aliphatic carbocycles. The van der Waals surface area contributed by atoms with Gasteiger partial charge in [0.25, 0.3) is 5.91 Å². The lowest BCUT2D eigenvalue weighted by Crippen LogP contribution is -2.47. The third-order valence-electron chi connectivity index (χ3n) is 2.48. The summed E-state index contributed by atoms with van der Waals surface area (Å²) in [7, 11) is 0. The van der Waals surface area contributed by atoms with Crippen molar-refractivity contribution in [2.24, 2.45) is 0 Å². The van der Waals surface area contributed by atoms with E-state index in [1.165, 1.54) is 0 Å². The van der Waals surface area contributed by atoms with E-state index < -0.39 is 5.54 Å². The molecule has 2 heterocycles. The van der Waals surface area contributed by atoms with E-state index in [9.17, 15) is 4.79 Å². The first-order valence-corrected chi connectivity index (χ1v) is 6.75. The van der Waals surface area contributed by atoms with Gasteiger partial charge in [-0.05, 0) is 34.2 Å². The molecular weight excluding hydrogens is 290 g/mol. The highest BCUT2D eigenvalue weighted by atomic mass is 79.9. The van der Waals surface area contributed by atoms with Crippen molar-refractivity contribution in [3.8, 4) is 6.07 Å². The van der Waals surface area contributed by atoms with Crippen LogP contribution in [0.4, 0.5) is 0 Å². The number of thioether (sulfide) groups is 1. The average molecular weight is 300 g/mol. The molecule has 0 aromatic carbocycles. The number of rotatable bonds is 2. The summed E-state index contributed by atoms with van der Waals surface area (Å²) in [5.41, 5.74) is -0.224. The van der Waals surface area contributed by atoms with Crippen LogP contribution in [0.3, 0.4) is 0 Å². The second-order valence-corrected chi connectivity index (χ2v) is 5.70. The fourth-order valence-electron chi connectivity index (χ4n) is 1.56. The van der Waals surface area contributed by atoms with Gasteiger partial charge >= 0.3 is 0 Å². The molecule has 1 aromatic heterocycles. The Kier molecular flexibility index (Phi) is 3.26. The van der Waals surface area contributed by atoms with E-state index in [1.807, 2.05) is 0 Å². The van der Waals surface area contributed by atoms with Gasteiger partial charge in [0.1, 0.15) is 11.2 Å². The number of H-pyrrole nitrogens is 1. The zero-order valence-corrected chi connectivity index (χ0v) is 10.8. The summed E-state index contributed by atoms with van der Waals surface area (Å²) < 4.78 is 0.824. The molecule has 1 amide bonds. The van der Waals surface area contributed by atoms with Crippen molar-refractivity contribution in [1.29, 1.82) is 5.26 Å². The summed E-state index contributed by atoms with van der Waals surface area (Å²) in [5.74, 6) is 1.36. The SMILES string of the molecule is N#CC1(NC(=O)c2cc(Br)c[nH]2)CCSC1. The van der Waals surface area contributed by atoms with Gasteiger partial charge in [-0.2, -0.15) is 17.0 Å². The Morgan fingerprint density at radius 1 is 1.75 bits per heavy atom. The first kappa shape index (κ1) is 11.6. The number of nitrogens with zero attached hydrogens (tertiary/aromatic N) is 1. The molecule has 1 aliphatic rings. The topological polar surface area (TPSA) is 68.7 Å². The first-order valence-electron chi connectivity index (χ1n) is 4.81. The van der Waals surface area contributed by atoms with Crippen molar-refractivity contribution in [2.75, 3.05) is 11.5 Å². The summed E-state index contributed by atoms with van der Waals surface area (Å²) in [6.07, 6.45) is 2.40. The number of nitriles is 1. The van der Waals surface area contributed by atoms with Crippen LogP contribution in [-0.4, -0.2) is 27.9 Å². The Balaban J connectivity index is 2.10. The van der Waals surface area contributed by atoms with Gasteiger partial charge in [0.15, 0.2) is 0 Å². The van der Waals surface area contributed by atoms with Crippen LogP contribution in [0.5, 0.6) is 0 Å². The van der Waals surface area contributed by atoms with Crippen LogP contribution in [0.1, 0.15) is 16.9 Å². The fourth-order valence-corrected chi connectivity index (χ4v) is 3.17. The largest absolute Gasteiger partial charge is 0.356 e. The quantitative estimate of drug-likeness (QED) is 0.876. The molecule has 16 heavy (non-hydrogen) atoms. The molecule has 0 spiro atoms. The van der Waals surface area contributed by atoms with Crippen LogP contribution in [0, 0.1) is 11.3 Å². The number of carbonyl (C=O) groups is 1. The van der Waals surface area contributed by atoms with Crippen LogP contribution in [-0.2, 0) is 0 Å². The number of aromatic amines is 1. The van der Waals surface area contributed by atoms with Crippen LogP contribution in [0.2, 0.25) is 0 Å². The Hall–Kier alpha value is -0.930. The number of aromatic nitrogens is 1. The van der Waals surface area contributed by atoms with E-state index >= 15 is 0 Å². The summed E-state index contributed by atoms with van der Waals surface area (Å²) in [6, 6.07) is 3.90. The molecule has 1 unspecified atom stereocenters. The van der Waals surface area contributed by atoms with Crippen molar-refractivity contribution < 1.29 is 4.79 Å². The van der Waals surface area contributed by atoms with Crippen molar-refractivity contribution >= 4 is 33.6 Å². The monoisotopic (exact) mass is 299 g/mol. The van der Waals surface area contributed by atoms with Crippen LogP contribution < -0.4 is 5.32 Å². The molecule has 4 nitrogen and oxygen atoms in total. The summed E-state index contributed by atoms with van der Waals surface area (Å²) >= 11 is 4.95. The molecule has 2 N–H and O–H groups in total. The Labute approximate surface area is 106 Å². The normalized spacial score (nSPS) is 24.0. The summed E-state index contributed by atoms with van der Waals surface area (Å²) in [4.78, 5) is 14.7. The zero-order valence-electron chi connectivity index (χ0n) is 8.42. The van der Waals surface area contributed by atoms with Crippen LogP contribution in [0.15, 0.2) is 16.7 Å². The molecule has 2 rings (SSSR count). The molecule has 84 valence electrons. The third kappa shape index (κ3) is 2.25. The Bertz CT molecular complexity index is 445. The van der Waals surface area contributed by atoms with E-state index in [2.05, 4.69) is 32.3 Å². The summed E-state index contributed by atoms with van der Waals surface area (Å²) in [6.45, 7) is 0. The zero-order chi connectivity index (χ0) is 11.6. The number of nitrogens with one attached hydrogen (secondary N) is 2. The average Bonchev–Trinajstić information content (AvgIpc) is 2.88. The van der Waals surface area contributed by atoms with Gasteiger partial charge in [-0.1, -0.05) is 0 Å². The number of hydrogen-bond acceptors (Lipinski definition) is 3. The van der Waals surface area contributed by atoms with Gasteiger partial charge in [-0.15, -0.1) is 0 Å². The van der Waals surface area contributed by atoms with Crippen LogP contribution in [0.25, 0.3) is 0 Å². The van der Waals surface area contributed by atoms with Gasteiger partial charge in [0.2, 0.25) is 0 Å². The second-order valence-electron chi connectivity index (χ2n) is 3.68. The highest BCUT2D eigenvalue weighted by Crippen LogP contribution is 2.27. The number of carbonyl (C=O) groups excluding carboxylic acids is 1. The van der Waals surface area contributed by atoms with E-state index in [0.29, 0.717) is 17.9 Å². The molecule has 1 aliphatic heterocycles. The minimum absolute atomic E-state index is 0.227. The van der Waals surface area contributed by atoms with Gasteiger partial charge < -0.3 is 10.3 Å². The lowest BCUT2D eigenvalue weighted by Gasteiger charge is -2.20. The molecule has 1 fully saturated rings.